The second kappa shape index (κ2) is 65.4. The minimum atomic E-state index is -0.678. The number of hydrogen-bond acceptors (Lipinski definition) is 16. The maximum absolute atomic E-state index is 13.3. The number of nitrogens with one attached hydrogen (secondary N) is 9. The van der Waals surface area contributed by atoms with Gasteiger partial charge in [0.25, 0.3) is 0 Å². The molecule has 0 spiro atoms. The first-order chi connectivity index (χ1) is 46.6. The normalized spacial score (nSPS) is 12.7. The van der Waals surface area contributed by atoms with Crippen LogP contribution in [0.4, 0.5) is 0 Å². The highest BCUT2D eigenvalue weighted by Crippen LogP contribution is 2.14. The Kier molecular flexibility index (Phi) is 61.6. The molecule has 0 aromatic rings. The maximum atomic E-state index is 13.3. The van der Waals surface area contributed by atoms with Gasteiger partial charge in [-0.05, 0) is 200 Å². The number of nitrogens with two attached hydrogens (primary N) is 7. The van der Waals surface area contributed by atoms with Crippen molar-refractivity contribution in [3.63, 3.8) is 0 Å². The second-order valence-corrected chi connectivity index (χ2v) is 26.0. The molecule has 5 atom stereocenters. The number of rotatable bonds is 69. The van der Waals surface area contributed by atoms with Crippen molar-refractivity contribution in [2.45, 2.75) is 319 Å². The van der Waals surface area contributed by atoms with E-state index in [4.69, 9.17) is 40.1 Å². The fraction of sp³-hybridized carbons (Fsp3) is 0.857. The molecule has 26 nitrogen and oxygen atoms in total. The molecule has 0 aliphatic heterocycles. The molecular weight excluding hydrogens is 1220 g/mol. The van der Waals surface area contributed by atoms with Gasteiger partial charge >= 0.3 is 0 Å². The predicted octanol–water partition coefficient (Wildman–Crippen LogP) is 4.67. The van der Waals surface area contributed by atoms with Gasteiger partial charge in [-0.2, -0.15) is 0 Å². The van der Waals surface area contributed by atoms with Crippen molar-refractivity contribution in [2.24, 2.45) is 40.1 Å². The molecule has 0 radical (unpaired) electrons. The number of carbonyl (C=O) groups is 10. The smallest absolute Gasteiger partial charge is 0.242 e. The van der Waals surface area contributed by atoms with Crippen LogP contribution in [0.3, 0.4) is 0 Å². The predicted molar refractivity (Wildman–Crippen MR) is 383 cm³/mol. The average Bonchev–Trinajstić information content (AvgIpc) is 1.55. The topological polar surface area (TPSA) is 461 Å². The summed E-state index contributed by atoms with van der Waals surface area (Å²) >= 11 is 0. The van der Waals surface area contributed by atoms with Crippen molar-refractivity contribution in [3.8, 4) is 0 Å². The average molecular weight is 1360 g/mol. The van der Waals surface area contributed by atoms with Crippen LogP contribution in [0.5, 0.6) is 0 Å². The van der Waals surface area contributed by atoms with Crippen LogP contribution in [0.2, 0.25) is 0 Å². The molecule has 10 amide bonds. The number of unbranched alkanes of at least 4 members (excludes halogenated alkanes) is 25. The van der Waals surface area contributed by atoms with Crippen LogP contribution in [0, 0.1) is 0 Å². The van der Waals surface area contributed by atoms with Crippen molar-refractivity contribution in [3.05, 3.63) is 0 Å². The zero-order valence-electron chi connectivity index (χ0n) is 59.4. The molecule has 0 heterocycles. The fourth-order valence-corrected chi connectivity index (χ4v) is 11.2. The molecule has 0 saturated carbocycles. The lowest BCUT2D eigenvalue weighted by atomic mass is 10.1. The van der Waals surface area contributed by atoms with E-state index < -0.39 is 36.1 Å². The van der Waals surface area contributed by atoms with Crippen LogP contribution in [0.15, 0.2) is 0 Å². The van der Waals surface area contributed by atoms with E-state index in [1.807, 2.05) is 0 Å². The standard InChI is InChI=1S/C70H138N16O10/c71-46-26-11-1-6-16-42-62(88)83-57(37-22-28-48-73)67(93)79-53-33-13-3-8-18-44-64(90)85-59(39-24-30-50-75)69(95)81-55-35-15-5-10-20-45-65(91)86-60(40-25-31-51-76)70(96)80-54-34-14-4-9-19-43-63(89)84-58(38-23-29-49-74)68(94)78-52-32-12-2-7-17-41-61(87)82-56(66(77)92)36-21-27-47-72/h56-60H,1-55,71-76H2,(H2,77,92)(H,78,94)(H,79,93)(H,80,96)(H,81,95)(H,82,87)(H,83,88)(H,84,89)(H,85,90)(H,86,91). The highest BCUT2D eigenvalue weighted by atomic mass is 16.2. The Bertz CT molecular complexity index is 2040. The van der Waals surface area contributed by atoms with E-state index >= 15 is 0 Å². The Morgan fingerprint density at radius 3 is 0.583 bits per heavy atom. The molecule has 0 rings (SSSR count). The van der Waals surface area contributed by atoms with Crippen molar-refractivity contribution in [2.75, 3.05) is 65.4 Å². The zero-order chi connectivity index (χ0) is 70.9. The van der Waals surface area contributed by atoms with Gasteiger partial charge in [-0.3, -0.25) is 47.9 Å². The molecule has 0 aromatic heterocycles. The molecule has 26 heteroatoms. The molecular formula is C70H138N16O10. The SMILES string of the molecule is NCCCCCCCC(=O)NC(CCCCN)C(=O)NCCCCCCCC(=O)NC(CCCCN)C(=O)NCCCCCCCC(=O)NC(CCCCN)C(=O)NCCCCCCCC(=O)NC(CCCCN)C(=O)NCCCCCCCC(=O)NC(CCCCN)C(N)=O. The van der Waals surface area contributed by atoms with Gasteiger partial charge in [-0.25, -0.2) is 0 Å². The molecule has 96 heavy (non-hydrogen) atoms. The lowest BCUT2D eigenvalue weighted by Crippen LogP contribution is -2.47. The van der Waals surface area contributed by atoms with E-state index in [0.717, 1.165) is 173 Å². The van der Waals surface area contributed by atoms with Crippen LogP contribution in [-0.4, -0.2) is 155 Å². The molecule has 0 aliphatic rings. The fourth-order valence-electron chi connectivity index (χ4n) is 11.2. The van der Waals surface area contributed by atoms with E-state index in [1.165, 1.54) is 0 Å². The van der Waals surface area contributed by atoms with Crippen molar-refractivity contribution in [1.82, 2.24) is 47.9 Å². The molecule has 5 unspecified atom stereocenters. The molecule has 0 saturated heterocycles. The third kappa shape index (κ3) is 54.5. The lowest BCUT2D eigenvalue weighted by Gasteiger charge is -2.19. The summed E-state index contributed by atoms with van der Waals surface area (Å²) in [7, 11) is 0. The van der Waals surface area contributed by atoms with Gasteiger partial charge in [0.1, 0.15) is 30.2 Å². The van der Waals surface area contributed by atoms with Crippen LogP contribution >= 0.6 is 0 Å². The van der Waals surface area contributed by atoms with Crippen LogP contribution in [-0.2, 0) is 47.9 Å². The minimum Gasteiger partial charge on any atom is -0.368 e. The number of carbonyl (C=O) groups excluding carboxylic acids is 10. The van der Waals surface area contributed by atoms with Gasteiger partial charge < -0.3 is 88.0 Å². The Morgan fingerprint density at radius 2 is 0.375 bits per heavy atom. The highest BCUT2D eigenvalue weighted by Gasteiger charge is 2.24. The van der Waals surface area contributed by atoms with Gasteiger partial charge in [-0.1, -0.05) is 96.3 Å². The molecule has 23 N–H and O–H groups in total. The van der Waals surface area contributed by atoms with Crippen molar-refractivity contribution >= 4 is 59.1 Å². The first-order valence-electron chi connectivity index (χ1n) is 37.6. The van der Waals surface area contributed by atoms with Gasteiger partial charge in [0, 0.05) is 58.3 Å². The second-order valence-electron chi connectivity index (χ2n) is 26.0. The van der Waals surface area contributed by atoms with Crippen LogP contribution in [0.1, 0.15) is 289 Å². The van der Waals surface area contributed by atoms with Crippen molar-refractivity contribution < 1.29 is 47.9 Å². The van der Waals surface area contributed by atoms with E-state index in [0.29, 0.717) is 181 Å². The summed E-state index contributed by atoms with van der Waals surface area (Å²) in [4.78, 5) is 128. The number of hydrogen-bond donors (Lipinski definition) is 16. The number of primary amides is 1. The monoisotopic (exact) mass is 1360 g/mol. The zero-order valence-corrected chi connectivity index (χ0v) is 59.4. The molecule has 0 fully saturated rings. The van der Waals surface area contributed by atoms with E-state index in [2.05, 4.69) is 47.9 Å². The molecule has 0 aliphatic carbocycles. The summed E-state index contributed by atoms with van der Waals surface area (Å²) in [5.74, 6) is -2.13. The largest absolute Gasteiger partial charge is 0.368 e. The minimum absolute atomic E-state index is 0.102. The van der Waals surface area contributed by atoms with Gasteiger partial charge in [0.05, 0.1) is 0 Å². The van der Waals surface area contributed by atoms with E-state index in [9.17, 15) is 47.9 Å². The van der Waals surface area contributed by atoms with Gasteiger partial charge in [0.15, 0.2) is 0 Å². The summed E-state index contributed by atoms with van der Waals surface area (Å²) in [5.41, 5.74) is 39.4. The Labute approximate surface area is 577 Å². The lowest BCUT2D eigenvalue weighted by molar-refractivity contribution is -0.129. The Balaban J connectivity index is 4.56. The van der Waals surface area contributed by atoms with Crippen LogP contribution < -0.4 is 88.0 Å². The number of amides is 10. The third-order valence-corrected chi connectivity index (χ3v) is 17.1. The Morgan fingerprint density at radius 1 is 0.208 bits per heavy atom. The summed E-state index contributed by atoms with van der Waals surface area (Å²) < 4.78 is 0. The van der Waals surface area contributed by atoms with Gasteiger partial charge in [0.2, 0.25) is 59.1 Å². The summed E-state index contributed by atoms with van der Waals surface area (Å²) in [6.07, 6.45) is 32.5. The van der Waals surface area contributed by atoms with E-state index in [-0.39, 0.29) is 53.2 Å². The molecule has 0 bridgehead atoms. The first-order valence-corrected chi connectivity index (χ1v) is 37.6. The Hall–Kier alpha value is -5.54. The summed E-state index contributed by atoms with van der Waals surface area (Å²) in [6.45, 7) is 5.16. The quantitative estimate of drug-likeness (QED) is 0.0368. The molecule has 0 aromatic carbocycles. The highest BCUT2D eigenvalue weighted by molar-refractivity contribution is 5.90. The van der Waals surface area contributed by atoms with Crippen LogP contribution in [0.25, 0.3) is 0 Å². The van der Waals surface area contributed by atoms with Crippen molar-refractivity contribution in [1.29, 1.82) is 0 Å². The maximum Gasteiger partial charge on any atom is 0.242 e. The first kappa shape index (κ1) is 90.5. The van der Waals surface area contributed by atoms with Gasteiger partial charge in [-0.15, -0.1) is 0 Å². The molecule has 558 valence electrons. The third-order valence-electron chi connectivity index (χ3n) is 17.1. The summed E-state index contributed by atoms with van der Waals surface area (Å²) in [6, 6.07) is -3.17. The summed E-state index contributed by atoms with van der Waals surface area (Å²) in [5, 5.41) is 26.4. The van der Waals surface area contributed by atoms with E-state index in [1.54, 1.807) is 0 Å².